The molecule has 7 nitrogen and oxygen atoms in total. The highest BCUT2D eigenvalue weighted by Crippen LogP contribution is 2.43. The first-order valence-electron chi connectivity index (χ1n) is 11.8. The van der Waals surface area contributed by atoms with Crippen LogP contribution in [0, 0.1) is 0 Å². The van der Waals surface area contributed by atoms with Gasteiger partial charge in [0.25, 0.3) is 0 Å². The SMILES string of the molecule is CCCCCCCOC[C@H](COP(=O)(O)OCC[N+](C)(C)C)OCCCCCCC. The van der Waals surface area contributed by atoms with Crippen LogP contribution in [0.5, 0.6) is 0 Å². The van der Waals surface area contributed by atoms with Gasteiger partial charge in [-0.3, -0.25) is 9.05 Å². The van der Waals surface area contributed by atoms with E-state index in [0.717, 1.165) is 19.3 Å². The first kappa shape index (κ1) is 30.0. The van der Waals surface area contributed by atoms with Gasteiger partial charge in [0, 0.05) is 13.2 Å². The molecule has 0 amide bonds. The molecule has 0 rings (SSSR count). The molecule has 0 aromatic carbocycles. The average molecular weight is 455 g/mol. The maximum atomic E-state index is 12.1. The standard InChI is InChI=1S/C22H48NO6P/c1-6-8-10-12-14-17-26-20-22(27-18-15-13-11-9-7-2)21-29-30(24,25)28-19-16-23(3,4)5/h22H,6-21H2,1-5H3/p+1/t22-/m1/s1. The van der Waals surface area contributed by atoms with Gasteiger partial charge in [0.15, 0.2) is 0 Å². The Morgan fingerprint density at radius 1 is 0.767 bits per heavy atom. The third-order valence-electron chi connectivity index (χ3n) is 4.74. The second kappa shape index (κ2) is 18.6. The molecule has 0 saturated heterocycles. The van der Waals surface area contributed by atoms with E-state index in [1.807, 2.05) is 21.1 Å². The number of rotatable bonds is 22. The summed E-state index contributed by atoms with van der Waals surface area (Å²) >= 11 is 0. The van der Waals surface area contributed by atoms with E-state index < -0.39 is 7.82 Å². The fraction of sp³-hybridized carbons (Fsp3) is 1.00. The molecule has 8 heteroatoms. The number of phosphoric acid groups is 1. The summed E-state index contributed by atoms with van der Waals surface area (Å²) in [5.74, 6) is 0. The van der Waals surface area contributed by atoms with E-state index in [2.05, 4.69) is 13.8 Å². The summed E-state index contributed by atoms with van der Waals surface area (Å²) in [5, 5.41) is 0. The maximum absolute atomic E-state index is 12.1. The third kappa shape index (κ3) is 21.2. The normalized spacial score (nSPS) is 15.3. The van der Waals surface area contributed by atoms with Gasteiger partial charge in [-0.05, 0) is 12.8 Å². The highest BCUT2D eigenvalue weighted by Gasteiger charge is 2.25. The third-order valence-corrected chi connectivity index (χ3v) is 5.72. The molecule has 182 valence electrons. The molecular formula is C22H49NO6P+. The molecule has 0 aliphatic rings. The minimum atomic E-state index is -4.09. The average Bonchev–Trinajstić information content (AvgIpc) is 2.66. The highest BCUT2D eigenvalue weighted by molar-refractivity contribution is 7.47. The van der Waals surface area contributed by atoms with Gasteiger partial charge in [0.2, 0.25) is 0 Å². The van der Waals surface area contributed by atoms with Crippen molar-refractivity contribution in [2.45, 2.75) is 84.2 Å². The predicted molar refractivity (Wildman–Crippen MR) is 123 cm³/mol. The van der Waals surface area contributed by atoms with Crippen molar-refractivity contribution in [2.75, 3.05) is 60.7 Å². The number of unbranched alkanes of at least 4 members (excludes halogenated alkanes) is 8. The van der Waals surface area contributed by atoms with Gasteiger partial charge in [-0.25, -0.2) is 4.57 Å². The lowest BCUT2D eigenvalue weighted by molar-refractivity contribution is -0.870. The molecule has 0 aromatic heterocycles. The van der Waals surface area contributed by atoms with Crippen molar-refractivity contribution >= 4 is 7.82 Å². The van der Waals surface area contributed by atoms with Crippen molar-refractivity contribution in [3.05, 3.63) is 0 Å². The molecule has 0 bridgehead atoms. The van der Waals surface area contributed by atoms with Crippen LogP contribution in [0.2, 0.25) is 0 Å². The molecule has 0 fully saturated rings. The Morgan fingerprint density at radius 3 is 1.90 bits per heavy atom. The van der Waals surface area contributed by atoms with Crippen LogP contribution in [-0.4, -0.2) is 76.2 Å². The summed E-state index contributed by atoms with van der Waals surface area (Å²) < 4.78 is 34.7. The lowest BCUT2D eigenvalue weighted by Gasteiger charge is -2.24. The lowest BCUT2D eigenvalue weighted by Crippen LogP contribution is -2.37. The zero-order valence-corrected chi connectivity index (χ0v) is 21.2. The number of likely N-dealkylation sites (N-methyl/N-ethyl adjacent to an activating group) is 1. The van der Waals surface area contributed by atoms with E-state index in [1.54, 1.807) is 0 Å². The van der Waals surface area contributed by atoms with Crippen molar-refractivity contribution in [2.24, 2.45) is 0 Å². The number of ether oxygens (including phenoxy) is 2. The minimum Gasteiger partial charge on any atom is -0.379 e. The van der Waals surface area contributed by atoms with Gasteiger partial charge in [-0.2, -0.15) is 0 Å². The molecule has 0 aromatic rings. The highest BCUT2D eigenvalue weighted by atomic mass is 31.2. The van der Waals surface area contributed by atoms with E-state index in [-0.39, 0.29) is 19.3 Å². The Hall–Kier alpha value is -0.0100. The van der Waals surface area contributed by atoms with Gasteiger partial charge in [0.05, 0.1) is 34.4 Å². The molecular weight excluding hydrogens is 405 g/mol. The number of phosphoric ester groups is 1. The predicted octanol–water partition coefficient (Wildman–Crippen LogP) is 5.17. The van der Waals surface area contributed by atoms with Gasteiger partial charge in [-0.1, -0.05) is 65.2 Å². The second-order valence-electron chi connectivity index (χ2n) is 9.01. The van der Waals surface area contributed by atoms with E-state index in [0.29, 0.717) is 30.8 Å². The van der Waals surface area contributed by atoms with Gasteiger partial charge < -0.3 is 18.9 Å². The fourth-order valence-electron chi connectivity index (χ4n) is 2.77. The van der Waals surface area contributed by atoms with Crippen molar-refractivity contribution < 1.29 is 32.5 Å². The summed E-state index contributed by atoms with van der Waals surface area (Å²) in [7, 11) is 1.90. The molecule has 0 heterocycles. The second-order valence-corrected chi connectivity index (χ2v) is 10.5. The topological polar surface area (TPSA) is 74.2 Å². The van der Waals surface area contributed by atoms with Gasteiger partial charge in [-0.15, -0.1) is 0 Å². The zero-order chi connectivity index (χ0) is 22.7. The summed E-state index contributed by atoms with van der Waals surface area (Å²) in [6.45, 7) is 6.81. The Kier molecular flexibility index (Phi) is 18.5. The largest absolute Gasteiger partial charge is 0.472 e. The molecule has 0 saturated carbocycles. The molecule has 2 atom stereocenters. The summed E-state index contributed by atoms with van der Waals surface area (Å²) in [6, 6.07) is 0. The number of nitrogens with zero attached hydrogens (tertiary/aromatic N) is 1. The first-order chi connectivity index (χ1) is 14.2. The summed E-state index contributed by atoms with van der Waals surface area (Å²) in [5.41, 5.74) is 0. The van der Waals surface area contributed by atoms with Crippen LogP contribution in [0.1, 0.15) is 78.1 Å². The van der Waals surface area contributed by atoms with Gasteiger partial charge in [0.1, 0.15) is 19.3 Å². The van der Waals surface area contributed by atoms with Crippen LogP contribution in [0.15, 0.2) is 0 Å². The smallest absolute Gasteiger partial charge is 0.379 e. The van der Waals surface area contributed by atoms with Crippen LogP contribution >= 0.6 is 7.82 Å². The van der Waals surface area contributed by atoms with Crippen molar-refractivity contribution in [1.82, 2.24) is 0 Å². The fourth-order valence-corrected chi connectivity index (χ4v) is 3.51. The van der Waals surface area contributed by atoms with Crippen molar-refractivity contribution in [3.63, 3.8) is 0 Å². The van der Waals surface area contributed by atoms with Crippen molar-refractivity contribution in [3.8, 4) is 0 Å². The van der Waals surface area contributed by atoms with Crippen LogP contribution in [0.3, 0.4) is 0 Å². The van der Waals surface area contributed by atoms with Crippen LogP contribution in [0.4, 0.5) is 0 Å². The van der Waals surface area contributed by atoms with E-state index in [9.17, 15) is 9.46 Å². The van der Waals surface area contributed by atoms with Crippen LogP contribution < -0.4 is 0 Å². The van der Waals surface area contributed by atoms with E-state index in [1.165, 1.54) is 44.9 Å². The number of quaternary nitrogens is 1. The Labute approximate surface area is 185 Å². The molecule has 0 radical (unpaired) electrons. The van der Waals surface area contributed by atoms with Crippen LogP contribution in [-0.2, 0) is 23.1 Å². The molecule has 30 heavy (non-hydrogen) atoms. The van der Waals surface area contributed by atoms with E-state index >= 15 is 0 Å². The molecule has 0 spiro atoms. The lowest BCUT2D eigenvalue weighted by atomic mass is 10.2. The molecule has 0 aliphatic carbocycles. The van der Waals surface area contributed by atoms with E-state index in [4.69, 9.17) is 18.5 Å². The Morgan fingerprint density at radius 2 is 1.33 bits per heavy atom. The zero-order valence-electron chi connectivity index (χ0n) is 20.3. The first-order valence-corrected chi connectivity index (χ1v) is 13.3. The monoisotopic (exact) mass is 454 g/mol. The quantitative estimate of drug-likeness (QED) is 0.138. The molecule has 1 N–H and O–H groups in total. The van der Waals surface area contributed by atoms with Crippen LogP contribution in [0.25, 0.3) is 0 Å². The number of hydrogen-bond donors (Lipinski definition) is 1. The molecule has 1 unspecified atom stereocenters. The van der Waals surface area contributed by atoms with Crippen molar-refractivity contribution in [1.29, 1.82) is 0 Å². The summed E-state index contributed by atoms with van der Waals surface area (Å²) in [4.78, 5) is 9.93. The summed E-state index contributed by atoms with van der Waals surface area (Å²) in [6.07, 6.45) is 11.3. The Bertz CT molecular complexity index is 430. The molecule has 0 aliphatic heterocycles. The minimum absolute atomic E-state index is 0.0110. The maximum Gasteiger partial charge on any atom is 0.472 e. The Balaban J connectivity index is 4.26. The number of hydrogen-bond acceptors (Lipinski definition) is 5. The van der Waals surface area contributed by atoms with Gasteiger partial charge >= 0.3 is 7.82 Å².